The average molecular weight is 698 g/mol. The van der Waals surface area contributed by atoms with E-state index < -0.39 is 6.17 Å². The molecule has 1 aliphatic rings. The van der Waals surface area contributed by atoms with Crippen LogP contribution < -0.4 is 48.5 Å². The number of aromatic nitrogens is 1. The van der Waals surface area contributed by atoms with Crippen molar-refractivity contribution in [2.45, 2.75) is 13.1 Å². The van der Waals surface area contributed by atoms with Gasteiger partial charge >= 0.3 is 0 Å². The third-order valence-electron chi connectivity index (χ3n) is 8.32. The second kappa shape index (κ2) is 15.1. The number of aryl methyl sites for hydroxylation is 1. The van der Waals surface area contributed by atoms with Gasteiger partial charge in [-0.05, 0) is 61.0 Å². The number of carbonyl (C=O) groups is 1. The van der Waals surface area contributed by atoms with Crippen molar-refractivity contribution in [2.24, 2.45) is 0 Å². The van der Waals surface area contributed by atoms with Gasteiger partial charge in [0.15, 0.2) is 40.3 Å². The molecule has 1 unspecified atom stereocenters. The Kier molecular flexibility index (Phi) is 10.3. The van der Waals surface area contributed by atoms with Gasteiger partial charge in [-0.2, -0.15) is 0 Å². The van der Waals surface area contributed by atoms with E-state index in [2.05, 4.69) is 15.8 Å². The molecule has 266 valence electrons. The van der Waals surface area contributed by atoms with Crippen LogP contribution in [0.3, 0.4) is 0 Å². The highest BCUT2D eigenvalue weighted by Gasteiger charge is 2.26. The van der Waals surface area contributed by atoms with Crippen LogP contribution in [0.25, 0.3) is 22.6 Å². The fourth-order valence-corrected chi connectivity index (χ4v) is 5.76. The molecule has 1 atom stereocenters. The third kappa shape index (κ3) is 7.09. The Labute approximate surface area is 295 Å². The van der Waals surface area contributed by atoms with Gasteiger partial charge in [-0.15, -0.1) is 0 Å². The molecule has 0 saturated heterocycles. The van der Waals surface area contributed by atoms with E-state index in [1.165, 1.54) is 0 Å². The van der Waals surface area contributed by atoms with E-state index in [0.717, 1.165) is 16.8 Å². The van der Waals surface area contributed by atoms with Gasteiger partial charge in [0.05, 0.1) is 48.2 Å². The van der Waals surface area contributed by atoms with E-state index in [1.54, 1.807) is 79.1 Å². The number of rotatable bonds is 14. The van der Waals surface area contributed by atoms with Crippen molar-refractivity contribution < 1.29 is 47.2 Å². The maximum Gasteiger partial charge on any atom is 0.255 e. The van der Waals surface area contributed by atoms with E-state index in [-0.39, 0.29) is 19.1 Å². The quantitative estimate of drug-likeness (QED) is 0.120. The summed E-state index contributed by atoms with van der Waals surface area (Å²) in [6.45, 7) is 2.31. The van der Waals surface area contributed by atoms with Gasteiger partial charge in [-0.3, -0.25) is 4.79 Å². The second-order valence-electron chi connectivity index (χ2n) is 11.4. The van der Waals surface area contributed by atoms with Gasteiger partial charge in [0.2, 0.25) is 11.5 Å². The van der Waals surface area contributed by atoms with Gasteiger partial charge < -0.3 is 53.1 Å². The number of fused-ring (bicyclic) bond motifs is 1. The Bertz CT molecular complexity index is 1990. The number of nitrogens with zero attached hydrogens (tertiary/aromatic N) is 1. The summed E-state index contributed by atoms with van der Waals surface area (Å²) in [6.07, 6.45) is -0.430. The molecule has 0 fully saturated rings. The van der Waals surface area contributed by atoms with Crippen LogP contribution in [0.2, 0.25) is 0 Å². The van der Waals surface area contributed by atoms with Crippen molar-refractivity contribution in [3.8, 4) is 68.6 Å². The summed E-state index contributed by atoms with van der Waals surface area (Å²) in [4.78, 5) is 12.8. The molecule has 0 radical (unpaired) electrons. The van der Waals surface area contributed by atoms with Gasteiger partial charge in [-0.1, -0.05) is 22.9 Å². The highest BCUT2D eigenvalue weighted by atomic mass is 16.6. The number of benzene rings is 4. The lowest BCUT2D eigenvalue weighted by molar-refractivity contribution is 0.0935. The van der Waals surface area contributed by atoms with E-state index in [0.29, 0.717) is 74.1 Å². The number of anilines is 1. The Balaban J connectivity index is 1.13. The van der Waals surface area contributed by atoms with Crippen molar-refractivity contribution in [1.29, 1.82) is 0 Å². The van der Waals surface area contributed by atoms with Gasteiger partial charge in [-0.25, -0.2) is 0 Å². The van der Waals surface area contributed by atoms with E-state index in [4.69, 9.17) is 42.4 Å². The molecule has 1 aliphatic heterocycles. The molecule has 6 rings (SSSR count). The molecule has 13 nitrogen and oxygen atoms in total. The number of carbonyl (C=O) groups excluding carboxylic acids is 1. The smallest absolute Gasteiger partial charge is 0.255 e. The fourth-order valence-electron chi connectivity index (χ4n) is 5.76. The van der Waals surface area contributed by atoms with Crippen LogP contribution >= 0.6 is 0 Å². The summed E-state index contributed by atoms with van der Waals surface area (Å²) >= 11 is 0. The number of hydrogen-bond acceptors (Lipinski definition) is 12. The number of amides is 1. The summed E-state index contributed by atoms with van der Waals surface area (Å²) in [5, 5.41) is 10.7. The third-order valence-corrected chi connectivity index (χ3v) is 8.32. The molecule has 13 heteroatoms. The van der Waals surface area contributed by atoms with Crippen molar-refractivity contribution in [2.75, 3.05) is 61.2 Å². The van der Waals surface area contributed by atoms with Crippen LogP contribution in [0.4, 0.5) is 5.69 Å². The largest absolute Gasteiger partial charge is 0.493 e. The Hall–Kier alpha value is -6.24. The molecule has 5 aromatic rings. The van der Waals surface area contributed by atoms with Crippen molar-refractivity contribution in [3.05, 3.63) is 83.4 Å². The van der Waals surface area contributed by atoms with E-state index in [9.17, 15) is 4.79 Å². The highest BCUT2D eigenvalue weighted by Crippen LogP contribution is 2.44. The molecule has 0 aliphatic carbocycles. The summed E-state index contributed by atoms with van der Waals surface area (Å²) < 4.78 is 51.2. The van der Waals surface area contributed by atoms with Crippen LogP contribution in [0, 0.1) is 6.92 Å². The molecule has 0 spiro atoms. The summed E-state index contributed by atoms with van der Waals surface area (Å²) in [5.74, 6) is 4.09. The zero-order valence-electron chi connectivity index (χ0n) is 29.4. The molecule has 0 saturated carbocycles. The minimum Gasteiger partial charge on any atom is -0.493 e. The second-order valence-corrected chi connectivity index (χ2v) is 11.4. The average Bonchev–Trinajstić information content (AvgIpc) is 3.66. The summed E-state index contributed by atoms with van der Waals surface area (Å²) in [7, 11) is 9.29. The lowest BCUT2D eigenvalue weighted by atomic mass is 10.0. The standard InChI is InChI=1S/C38H39N3O10/c1-21-8-10-26-25(14-21)38(42)40-37(39-26)22-9-11-28(30(15-22)43-2)49-12-13-50-36-33(46-5)16-23(17-34(36)47-6)27-20-29(51-41-27)24-18-31(44-3)35(48-7)32(19-24)45-4/h8-11,14-20,37,39H,12-13H2,1-7H3,(H,40,42). The Morgan fingerprint density at radius 3 is 1.90 bits per heavy atom. The molecule has 2 N–H and O–H groups in total. The minimum atomic E-state index is -0.430. The zero-order valence-corrected chi connectivity index (χ0v) is 29.4. The zero-order chi connectivity index (χ0) is 36.1. The van der Waals surface area contributed by atoms with Crippen molar-refractivity contribution in [3.63, 3.8) is 0 Å². The first-order chi connectivity index (χ1) is 24.8. The Morgan fingerprint density at radius 2 is 1.25 bits per heavy atom. The monoisotopic (exact) mass is 697 g/mol. The molecule has 51 heavy (non-hydrogen) atoms. The minimum absolute atomic E-state index is 0.144. The normalized spacial score (nSPS) is 13.3. The molecule has 1 aromatic heterocycles. The van der Waals surface area contributed by atoms with Gasteiger partial charge in [0.25, 0.3) is 5.91 Å². The van der Waals surface area contributed by atoms with Crippen molar-refractivity contribution in [1.82, 2.24) is 10.5 Å². The SMILES string of the molecule is COc1cc(C2NC(=O)c3cc(C)ccc3N2)ccc1OCCOc1c(OC)cc(-c2cc(-c3cc(OC)c(OC)c(OC)c3)on2)cc1OC. The van der Waals surface area contributed by atoms with Gasteiger partial charge in [0, 0.05) is 22.9 Å². The van der Waals surface area contributed by atoms with E-state index >= 15 is 0 Å². The van der Waals surface area contributed by atoms with Gasteiger partial charge in [0.1, 0.15) is 25.1 Å². The highest BCUT2D eigenvalue weighted by molar-refractivity contribution is 6.02. The molecule has 0 bridgehead atoms. The number of nitrogens with one attached hydrogen (secondary N) is 2. The summed E-state index contributed by atoms with van der Waals surface area (Å²) in [5.41, 5.74) is 5.12. The predicted molar refractivity (Wildman–Crippen MR) is 189 cm³/mol. The summed E-state index contributed by atoms with van der Waals surface area (Å²) in [6, 6.07) is 20.2. The van der Waals surface area contributed by atoms with Crippen LogP contribution in [-0.4, -0.2) is 66.9 Å². The maximum absolute atomic E-state index is 12.8. The maximum atomic E-state index is 12.8. The molecular formula is C38H39N3O10. The topological polar surface area (TPSA) is 141 Å². The molecule has 1 amide bonds. The van der Waals surface area contributed by atoms with Crippen LogP contribution in [0.1, 0.15) is 27.7 Å². The first kappa shape index (κ1) is 34.6. The van der Waals surface area contributed by atoms with Crippen molar-refractivity contribution >= 4 is 11.6 Å². The van der Waals surface area contributed by atoms with E-state index in [1.807, 2.05) is 37.3 Å². The number of ether oxygens (including phenoxy) is 8. The molecule has 4 aromatic carbocycles. The first-order valence-corrected chi connectivity index (χ1v) is 16.0. The Morgan fingerprint density at radius 1 is 0.627 bits per heavy atom. The fraction of sp³-hybridized carbons (Fsp3) is 0.263. The molecular weight excluding hydrogens is 658 g/mol. The van der Waals surface area contributed by atoms with Crippen LogP contribution in [0.15, 0.2) is 71.3 Å². The number of methoxy groups -OCH3 is 6. The molecule has 2 heterocycles. The lowest BCUT2D eigenvalue weighted by Gasteiger charge is -2.28. The van der Waals surface area contributed by atoms with Crippen LogP contribution in [0.5, 0.6) is 46.0 Å². The number of hydrogen-bond donors (Lipinski definition) is 2. The van der Waals surface area contributed by atoms with Crippen LogP contribution in [-0.2, 0) is 0 Å². The predicted octanol–water partition coefficient (Wildman–Crippen LogP) is 6.68. The lowest BCUT2D eigenvalue weighted by Crippen LogP contribution is -2.38. The first-order valence-electron chi connectivity index (χ1n) is 16.0.